The Morgan fingerprint density at radius 2 is 2.32 bits per heavy atom. The number of nitrogens with zero attached hydrogens (tertiary/aromatic N) is 2. The van der Waals surface area contributed by atoms with Crippen molar-refractivity contribution in [2.24, 2.45) is 0 Å². The van der Waals surface area contributed by atoms with E-state index in [4.69, 9.17) is 25.6 Å². The largest absolute Gasteiger partial charge is 0.495 e. The number of aromatic nitrogens is 2. The van der Waals surface area contributed by atoms with E-state index in [1.54, 1.807) is 19.2 Å². The summed E-state index contributed by atoms with van der Waals surface area (Å²) in [6.45, 7) is 1.41. The van der Waals surface area contributed by atoms with E-state index in [0.717, 1.165) is 18.6 Å². The summed E-state index contributed by atoms with van der Waals surface area (Å²) in [6, 6.07) is 5.37. The Kier molecular flexibility index (Phi) is 3.40. The molecule has 0 radical (unpaired) electrons. The van der Waals surface area contributed by atoms with E-state index in [1.807, 2.05) is 6.07 Å². The fourth-order valence-electron chi connectivity index (χ4n) is 2.06. The molecule has 3 rings (SSSR count). The highest BCUT2D eigenvalue weighted by Crippen LogP contribution is 2.30. The Bertz CT molecular complexity index is 579. The van der Waals surface area contributed by atoms with Crippen molar-refractivity contribution in [2.75, 3.05) is 20.3 Å². The first-order valence-corrected chi connectivity index (χ1v) is 6.41. The summed E-state index contributed by atoms with van der Waals surface area (Å²) in [5.74, 6) is 2.01. The Morgan fingerprint density at radius 1 is 1.42 bits per heavy atom. The van der Waals surface area contributed by atoms with Gasteiger partial charge in [0.25, 0.3) is 5.89 Å². The van der Waals surface area contributed by atoms with Crippen LogP contribution in [0.5, 0.6) is 5.75 Å². The van der Waals surface area contributed by atoms with Crippen LogP contribution >= 0.6 is 11.6 Å². The predicted octanol–water partition coefficient (Wildman–Crippen LogP) is 2.90. The smallest absolute Gasteiger partial charge is 0.257 e. The molecule has 2 heterocycles. The number of hydrogen-bond acceptors (Lipinski definition) is 5. The van der Waals surface area contributed by atoms with Gasteiger partial charge in [0.1, 0.15) is 5.75 Å². The van der Waals surface area contributed by atoms with Crippen molar-refractivity contribution in [3.05, 3.63) is 29.0 Å². The summed E-state index contributed by atoms with van der Waals surface area (Å²) in [5.41, 5.74) is 0.781. The molecule has 2 aromatic rings. The molecule has 5 nitrogen and oxygen atoms in total. The number of methoxy groups -OCH3 is 1. The molecule has 0 bridgehead atoms. The van der Waals surface area contributed by atoms with Crippen molar-refractivity contribution in [2.45, 2.75) is 12.3 Å². The summed E-state index contributed by atoms with van der Waals surface area (Å²) in [7, 11) is 1.58. The second-order valence-electron chi connectivity index (χ2n) is 4.37. The van der Waals surface area contributed by atoms with Crippen LogP contribution in [0.4, 0.5) is 0 Å². The molecule has 1 aromatic heterocycles. The Morgan fingerprint density at radius 3 is 3.00 bits per heavy atom. The molecule has 0 saturated carbocycles. The molecule has 0 aliphatic carbocycles. The minimum atomic E-state index is 0.228. The molecule has 1 aromatic carbocycles. The second-order valence-corrected chi connectivity index (χ2v) is 4.77. The van der Waals surface area contributed by atoms with E-state index in [9.17, 15) is 0 Å². The average Bonchev–Trinajstić information content (AvgIpc) is 3.09. The second kappa shape index (κ2) is 5.19. The van der Waals surface area contributed by atoms with Crippen LogP contribution < -0.4 is 4.74 Å². The van der Waals surface area contributed by atoms with Crippen molar-refractivity contribution in [3.8, 4) is 17.2 Å². The van der Waals surface area contributed by atoms with Gasteiger partial charge in [-0.1, -0.05) is 16.8 Å². The summed E-state index contributed by atoms with van der Waals surface area (Å²) in [4.78, 5) is 4.40. The quantitative estimate of drug-likeness (QED) is 0.865. The van der Waals surface area contributed by atoms with Gasteiger partial charge >= 0.3 is 0 Å². The molecule has 1 aliphatic heterocycles. The van der Waals surface area contributed by atoms with E-state index < -0.39 is 0 Å². The summed E-state index contributed by atoms with van der Waals surface area (Å²) in [6.07, 6.45) is 0.933. The third-order valence-electron chi connectivity index (χ3n) is 3.14. The van der Waals surface area contributed by atoms with E-state index in [0.29, 0.717) is 29.1 Å². The van der Waals surface area contributed by atoms with Crippen molar-refractivity contribution >= 4 is 11.6 Å². The van der Waals surface area contributed by atoms with Crippen LogP contribution in [0.3, 0.4) is 0 Å². The van der Waals surface area contributed by atoms with Gasteiger partial charge < -0.3 is 14.0 Å². The minimum absolute atomic E-state index is 0.228. The molecule has 1 fully saturated rings. The first kappa shape index (κ1) is 12.4. The monoisotopic (exact) mass is 280 g/mol. The van der Waals surface area contributed by atoms with Gasteiger partial charge in [-0.3, -0.25) is 0 Å². The molecule has 1 atom stereocenters. The molecule has 1 aliphatic rings. The number of ether oxygens (including phenoxy) is 2. The highest BCUT2D eigenvalue weighted by atomic mass is 35.5. The highest BCUT2D eigenvalue weighted by Gasteiger charge is 2.23. The molecule has 1 unspecified atom stereocenters. The van der Waals surface area contributed by atoms with Crippen molar-refractivity contribution < 1.29 is 14.0 Å². The van der Waals surface area contributed by atoms with Crippen LogP contribution in [0.1, 0.15) is 18.2 Å². The van der Waals surface area contributed by atoms with Crippen LogP contribution in [0.25, 0.3) is 11.5 Å². The molecule has 1 saturated heterocycles. The molecular formula is C13H13ClN2O3. The van der Waals surface area contributed by atoms with Gasteiger partial charge in [0.2, 0.25) is 0 Å². The number of rotatable bonds is 3. The predicted molar refractivity (Wildman–Crippen MR) is 69.5 cm³/mol. The van der Waals surface area contributed by atoms with Crippen LogP contribution in [-0.2, 0) is 4.74 Å². The topological polar surface area (TPSA) is 57.4 Å². The molecule has 19 heavy (non-hydrogen) atoms. The number of hydrogen-bond donors (Lipinski definition) is 0. The first-order chi connectivity index (χ1) is 9.28. The lowest BCUT2D eigenvalue weighted by Gasteiger charge is -2.03. The van der Waals surface area contributed by atoms with Gasteiger partial charge in [0.15, 0.2) is 5.82 Å². The molecule has 6 heteroatoms. The van der Waals surface area contributed by atoms with Crippen molar-refractivity contribution in [1.29, 1.82) is 0 Å². The number of benzene rings is 1. The standard InChI is InChI=1S/C13H13ClN2O3/c1-17-11-3-2-8(6-10(11)14)13-15-12(16-19-13)9-4-5-18-7-9/h2-3,6,9H,4-5,7H2,1H3. The van der Waals surface area contributed by atoms with Gasteiger partial charge in [-0.15, -0.1) is 0 Å². The van der Waals surface area contributed by atoms with Gasteiger partial charge in [0.05, 0.1) is 18.7 Å². The zero-order valence-corrected chi connectivity index (χ0v) is 11.2. The maximum absolute atomic E-state index is 6.08. The zero-order valence-electron chi connectivity index (χ0n) is 10.4. The highest BCUT2D eigenvalue weighted by molar-refractivity contribution is 6.32. The minimum Gasteiger partial charge on any atom is -0.495 e. The zero-order chi connectivity index (χ0) is 13.2. The van der Waals surface area contributed by atoms with Crippen LogP contribution in [0.2, 0.25) is 5.02 Å². The lowest BCUT2D eigenvalue weighted by molar-refractivity contribution is 0.192. The van der Waals surface area contributed by atoms with Crippen LogP contribution in [0.15, 0.2) is 22.7 Å². The lowest BCUT2D eigenvalue weighted by atomic mass is 10.1. The maximum Gasteiger partial charge on any atom is 0.257 e. The molecule has 0 N–H and O–H groups in total. The van der Waals surface area contributed by atoms with Gasteiger partial charge in [-0.25, -0.2) is 0 Å². The van der Waals surface area contributed by atoms with Crippen molar-refractivity contribution in [1.82, 2.24) is 10.1 Å². The Labute approximate surface area is 115 Å². The maximum atomic E-state index is 6.08. The van der Waals surface area contributed by atoms with E-state index >= 15 is 0 Å². The Balaban J connectivity index is 1.87. The van der Waals surface area contributed by atoms with Gasteiger partial charge in [-0.2, -0.15) is 4.98 Å². The fraction of sp³-hybridized carbons (Fsp3) is 0.385. The summed E-state index contributed by atoms with van der Waals surface area (Å²) >= 11 is 6.08. The molecule has 0 spiro atoms. The van der Waals surface area contributed by atoms with E-state index in [2.05, 4.69) is 10.1 Å². The first-order valence-electron chi connectivity index (χ1n) is 6.03. The molecular weight excluding hydrogens is 268 g/mol. The molecule has 0 amide bonds. The fourth-order valence-corrected chi connectivity index (χ4v) is 2.31. The SMILES string of the molecule is COc1ccc(-c2nc(C3CCOC3)no2)cc1Cl. The van der Waals surface area contributed by atoms with Crippen molar-refractivity contribution in [3.63, 3.8) is 0 Å². The number of halogens is 1. The lowest BCUT2D eigenvalue weighted by Crippen LogP contribution is -1.99. The molecule has 100 valence electrons. The summed E-state index contributed by atoms with van der Waals surface area (Å²) in [5, 5.41) is 4.52. The van der Waals surface area contributed by atoms with E-state index in [-0.39, 0.29) is 5.92 Å². The van der Waals surface area contributed by atoms with E-state index in [1.165, 1.54) is 0 Å². The third-order valence-corrected chi connectivity index (χ3v) is 3.43. The van der Waals surface area contributed by atoms with Crippen LogP contribution in [0, 0.1) is 0 Å². The van der Waals surface area contributed by atoms with Gasteiger partial charge in [0, 0.05) is 18.1 Å². The third kappa shape index (κ3) is 2.43. The Hall–Kier alpha value is -1.59. The van der Waals surface area contributed by atoms with Crippen LogP contribution in [-0.4, -0.2) is 30.5 Å². The normalized spacial score (nSPS) is 18.7. The van der Waals surface area contributed by atoms with Gasteiger partial charge in [-0.05, 0) is 24.6 Å². The average molecular weight is 281 g/mol. The summed E-state index contributed by atoms with van der Waals surface area (Å²) < 4.78 is 15.7.